The maximum atomic E-state index is 2.39. The molecule has 0 spiro atoms. The summed E-state index contributed by atoms with van der Waals surface area (Å²) >= 11 is 0. The van der Waals surface area contributed by atoms with Gasteiger partial charge in [-0.25, -0.2) is 0 Å². The lowest BCUT2D eigenvalue weighted by atomic mass is 9.96. The van der Waals surface area contributed by atoms with E-state index in [9.17, 15) is 0 Å². The van der Waals surface area contributed by atoms with Crippen LogP contribution in [0.2, 0.25) is 0 Å². The molecule has 138 valence electrons. The fourth-order valence-electron chi connectivity index (χ4n) is 4.40. The second-order valence-electron chi connectivity index (χ2n) is 8.09. The fourth-order valence-corrected chi connectivity index (χ4v) is 4.40. The van der Waals surface area contributed by atoms with E-state index in [0.717, 1.165) is 0 Å². The van der Waals surface area contributed by atoms with Crippen LogP contribution in [-0.2, 0) is 6.42 Å². The third kappa shape index (κ3) is 3.24. The van der Waals surface area contributed by atoms with Gasteiger partial charge in [0.1, 0.15) is 0 Å². The van der Waals surface area contributed by atoms with Gasteiger partial charge in [-0.05, 0) is 97.9 Å². The standard InChI is InChI=1S/C28H26/c1-2-3-4-5-8-20-11-12-23-16-27-18-25-14-21-9-6-7-10-22(21)15-26(25)19-28(27)17-24(23)13-20/h6-7,9-19H,2-5,8H2,1H3. The summed E-state index contributed by atoms with van der Waals surface area (Å²) < 4.78 is 0. The largest absolute Gasteiger partial charge is 0.0654 e. The molecule has 0 N–H and O–H groups in total. The molecule has 0 saturated heterocycles. The van der Waals surface area contributed by atoms with Gasteiger partial charge in [0, 0.05) is 0 Å². The third-order valence-corrected chi connectivity index (χ3v) is 6.00. The van der Waals surface area contributed by atoms with Crippen LogP contribution in [0.3, 0.4) is 0 Å². The summed E-state index contributed by atoms with van der Waals surface area (Å²) in [4.78, 5) is 0. The number of hydrogen-bond donors (Lipinski definition) is 0. The average molecular weight is 363 g/mol. The Labute approximate surface area is 166 Å². The van der Waals surface area contributed by atoms with E-state index in [4.69, 9.17) is 0 Å². The summed E-state index contributed by atoms with van der Waals surface area (Å²) in [5.41, 5.74) is 1.47. The molecule has 0 saturated carbocycles. The van der Waals surface area contributed by atoms with Gasteiger partial charge in [0.05, 0.1) is 0 Å². The molecule has 0 heterocycles. The summed E-state index contributed by atoms with van der Waals surface area (Å²) in [5.74, 6) is 0. The van der Waals surface area contributed by atoms with E-state index in [-0.39, 0.29) is 0 Å². The zero-order valence-corrected chi connectivity index (χ0v) is 16.5. The van der Waals surface area contributed by atoms with Crippen molar-refractivity contribution in [2.24, 2.45) is 0 Å². The normalized spacial score (nSPS) is 11.8. The molecule has 0 nitrogen and oxygen atoms in total. The molecular weight excluding hydrogens is 336 g/mol. The smallest absolute Gasteiger partial charge is 0.0171 e. The van der Waals surface area contributed by atoms with E-state index < -0.39 is 0 Å². The number of rotatable bonds is 5. The molecule has 0 heteroatoms. The predicted molar refractivity (Wildman–Crippen MR) is 124 cm³/mol. The van der Waals surface area contributed by atoms with E-state index in [1.165, 1.54) is 80.8 Å². The molecule has 0 aliphatic heterocycles. The molecule has 0 fully saturated rings. The molecule has 0 aromatic heterocycles. The predicted octanol–water partition coefficient (Wildman–Crippen LogP) is 8.42. The Balaban J connectivity index is 1.59. The highest BCUT2D eigenvalue weighted by molar-refractivity contribution is 6.08. The van der Waals surface area contributed by atoms with Crippen LogP contribution in [0.4, 0.5) is 0 Å². The minimum absolute atomic E-state index is 1.19. The zero-order chi connectivity index (χ0) is 18.9. The van der Waals surface area contributed by atoms with E-state index in [1.54, 1.807) is 0 Å². The first-order valence-corrected chi connectivity index (χ1v) is 10.6. The number of unbranched alkanes of at least 4 members (excludes halogenated alkanes) is 3. The van der Waals surface area contributed by atoms with Gasteiger partial charge in [0.2, 0.25) is 0 Å². The van der Waals surface area contributed by atoms with Crippen LogP contribution in [0.1, 0.15) is 38.2 Å². The number of fused-ring (bicyclic) bond motifs is 4. The Hall–Kier alpha value is -2.86. The van der Waals surface area contributed by atoms with Gasteiger partial charge in [-0.1, -0.05) is 68.7 Å². The van der Waals surface area contributed by atoms with Crippen LogP contribution < -0.4 is 0 Å². The first kappa shape index (κ1) is 17.3. The molecule has 28 heavy (non-hydrogen) atoms. The summed E-state index contributed by atoms with van der Waals surface area (Å²) in [7, 11) is 0. The van der Waals surface area contributed by atoms with E-state index >= 15 is 0 Å². The Bertz CT molecular complexity index is 1290. The van der Waals surface area contributed by atoms with Gasteiger partial charge in [-0.2, -0.15) is 0 Å². The molecule has 0 aliphatic carbocycles. The highest BCUT2D eigenvalue weighted by Gasteiger charge is 2.04. The van der Waals surface area contributed by atoms with Crippen LogP contribution in [0, 0.1) is 0 Å². The fraction of sp³-hybridized carbons (Fsp3) is 0.214. The Kier molecular flexibility index (Phi) is 4.49. The maximum absolute atomic E-state index is 2.39. The molecule has 5 aromatic carbocycles. The summed E-state index contributed by atoms with van der Waals surface area (Å²) in [6.45, 7) is 2.27. The monoisotopic (exact) mass is 362 g/mol. The minimum Gasteiger partial charge on any atom is -0.0654 e. The molecule has 5 aromatic rings. The Morgan fingerprint density at radius 2 is 0.964 bits per heavy atom. The summed E-state index contributed by atoms with van der Waals surface area (Å²) in [5, 5.41) is 10.6. The molecule has 0 aliphatic rings. The molecule has 0 radical (unpaired) electrons. The lowest BCUT2D eigenvalue weighted by Crippen LogP contribution is -1.87. The van der Waals surface area contributed by atoms with Crippen LogP contribution in [0.5, 0.6) is 0 Å². The van der Waals surface area contributed by atoms with Gasteiger partial charge < -0.3 is 0 Å². The van der Waals surface area contributed by atoms with Crippen molar-refractivity contribution in [1.29, 1.82) is 0 Å². The lowest BCUT2D eigenvalue weighted by Gasteiger charge is -2.08. The number of benzene rings is 5. The van der Waals surface area contributed by atoms with Gasteiger partial charge in [0.15, 0.2) is 0 Å². The van der Waals surface area contributed by atoms with Crippen molar-refractivity contribution >= 4 is 43.1 Å². The number of hydrogen-bond acceptors (Lipinski definition) is 0. The molecule has 0 amide bonds. The second-order valence-corrected chi connectivity index (χ2v) is 8.09. The van der Waals surface area contributed by atoms with E-state index in [0.29, 0.717) is 0 Å². The molecule has 5 rings (SSSR count). The van der Waals surface area contributed by atoms with Crippen molar-refractivity contribution in [1.82, 2.24) is 0 Å². The quantitative estimate of drug-likeness (QED) is 0.217. The first-order valence-electron chi connectivity index (χ1n) is 10.6. The van der Waals surface area contributed by atoms with Gasteiger partial charge in [-0.15, -0.1) is 0 Å². The molecule has 0 unspecified atom stereocenters. The second kappa shape index (κ2) is 7.28. The Morgan fingerprint density at radius 3 is 1.54 bits per heavy atom. The molecule has 0 bridgehead atoms. The van der Waals surface area contributed by atoms with Crippen molar-refractivity contribution in [2.75, 3.05) is 0 Å². The third-order valence-electron chi connectivity index (χ3n) is 6.00. The highest BCUT2D eigenvalue weighted by atomic mass is 14.1. The van der Waals surface area contributed by atoms with Crippen LogP contribution in [-0.4, -0.2) is 0 Å². The average Bonchev–Trinajstić information content (AvgIpc) is 2.72. The van der Waals surface area contributed by atoms with Crippen molar-refractivity contribution in [3.05, 3.63) is 84.4 Å². The van der Waals surface area contributed by atoms with Crippen molar-refractivity contribution in [3.8, 4) is 0 Å². The van der Waals surface area contributed by atoms with Crippen LogP contribution in [0.25, 0.3) is 43.1 Å². The minimum atomic E-state index is 1.19. The highest BCUT2D eigenvalue weighted by Crippen LogP contribution is 2.30. The van der Waals surface area contributed by atoms with Crippen molar-refractivity contribution in [2.45, 2.75) is 39.0 Å². The van der Waals surface area contributed by atoms with Gasteiger partial charge in [0.25, 0.3) is 0 Å². The van der Waals surface area contributed by atoms with Crippen molar-refractivity contribution < 1.29 is 0 Å². The topological polar surface area (TPSA) is 0 Å². The van der Waals surface area contributed by atoms with E-state index in [2.05, 4.69) is 85.8 Å². The lowest BCUT2D eigenvalue weighted by molar-refractivity contribution is 0.667. The van der Waals surface area contributed by atoms with Gasteiger partial charge in [-0.3, -0.25) is 0 Å². The maximum Gasteiger partial charge on any atom is -0.0171 e. The Morgan fingerprint density at radius 1 is 0.464 bits per heavy atom. The first-order chi connectivity index (χ1) is 13.8. The molecular formula is C28H26. The van der Waals surface area contributed by atoms with Gasteiger partial charge >= 0.3 is 0 Å². The summed E-state index contributed by atoms with van der Waals surface area (Å²) in [6.07, 6.45) is 6.47. The molecule has 0 atom stereocenters. The van der Waals surface area contributed by atoms with E-state index in [1.807, 2.05) is 0 Å². The van der Waals surface area contributed by atoms with Crippen LogP contribution in [0.15, 0.2) is 78.9 Å². The van der Waals surface area contributed by atoms with Crippen molar-refractivity contribution in [3.63, 3.8) is 0 Å². The SMILES string of the molecule is CCCCCCc1ccc2cc3cc4cc5ccccc5cc4cc3cc2c1. The number of aryl methyl sites for hydroxylation is 1. The van der Waals surface area contributed by atoms with Crippen LogP contribution >= 0.6 is 0 Å². The summed E-state index contributed by atoms with van der Waals surface area (Å²) in [6, 6.07) is 29.7. The zero-order valence-electron chi connectivity index (χ0n) is 16.5.